The fraction of sp³-hybridized carbons (Fsp3) is 0.333. The van der Waals surface area contributed by atoms with Crippen LogP contribution in [0.5, 0.6) is 17.2 Å². The van der Waals surface area contributed by atoms with Crippen molar-refractivity contribution in [3.05, 3.63) is 37.2 Å². The Morgan fingerprint density at radius 2 is 1.76 bits per heavy atom. The molecule has 0 unspecified atom stereocenters. The Labute approximate surface area is 149 Å². The van der Waals surface area contributed by atoms with Crippen molar-refractivity contribution < 1.29 is 19.4 Å². The van der Waals surface area contributed by atoms with E-state index in [1.54, 1.807) is 18.2 Å². The van der Waals surface area contributed by atoms with Gasteiger partial charge in [0, 0.05) is 11.5 Å². The maximum absolute atomic E-state index is 12.1. The number of ether oxygens (including phenoxy) is 2. The number of H-pyrrole nitrogens is 1. The predicted molar refractivity (Wildman–Crippen MR) is 97.9 cm³/mol. The number of methoxy groups -OCH3 is 2. The molecule has 0 amide bonds. The summed E-state index contributed by atoms with van der Waals surface area (Å²) in [5.41, 5.74) is -0.167. The van der Waals surface area contributed by atoms with Crippen LogP contribution in [-0.4, -0.2) is 30.1 Å². The summed E-state index contributed by atoms with van der Waals surface area (Å²) in [6.07, 6.45) is 3.09. The zero-order valence-corrected chi connectivity index (χ0v) is 15.6. The Bertz CT molecular complexity index is 938. The number of hydrogen-bond donors (Lipinski definition) is 2. The van der Waals surface area contributed by atoms with Gasteiger partial charge in [-0.1, -0.05) is 20.8 Å². The van der Waals surface area contributed by atoms with E-state index >= 15 is 0 Å². The summed E-state index contributed by atoms with van der Waals surface area (Å²) >= 11 is 1.19. The first-order chi connectivity index (χ1) is 11.7. The number of nitrogens with one attached hydrogen (secondary N) is 1. The Morgan fingerprint density at radius 1 is 1.20 bits per heavy atom. The predicted octanol–water partition coefficient (Wildman–Crippen LogP) is 1.38. The zero-order chi connectivity index (χ0) is 18.8. The lowest BCUT2D eigenvalue weighted by atomic mass is 9.91. The molecule has 0 atom stereocenters. The van der Waals surface area contributed by atoms with Crippen LogP contribution in [0.4, 0.5) is 0 Å². The second-order valence-electron chi connectivity index (χ2n) is 6.46. The summed E-state index contributed by atoms with van der Waals surface area (Å²) in [5.74, 6) is 0.318. The van der Waals surface area contributed by atoms with E-state index in [1.807, 2.05) is 20.8 Å². The van der Waals surface area contributed by atoms with Gasteiger partial charge in [0.25, 0.3) is 5.56 Å². The number of carbonyl (C=O) groups excluding carboxylic acids is 1. The summed E-state index contributed by atoms with van der Waals surface area (Å²) in [4.78, 5) is 26.9. The fourth-order valence-corrected chi connectivity index (χ4v) is 2.89. The lowest BCUT2D eigenvalue weighted by Gasteiger charge is -2.12. The Morgan fingerprint density at radius 3 is 2.24 bits per heavy atom. The number of phenols is 1. The third-order valence-electron chi connectivity index (χ3n) is 3.48. The zero-order valence-electron chi connectivity index (χ0n) is 14.8. The van der Waals surface area contributed by atoms with Crippen molar-refractivity contribution in [3.8, 4) is 17.2 Å². The number of aromatic nitrogens is 1. The molecule has 1 heterocycles. The topological polar surface area (TPSA) is 88.6 Å². The molecular formula is C18H21NO5S. The number of rotatable bonds is 4. The monoisotopic (exact) mass is 363 g/mol. The molecule has 0 spiro atoms. The summed E-state index contributed by atoms with van der Waals surface area (Å²) in [6.45, 7) is 5.46. The van der Waals surface area contributed by atoms with E-state index in [9.17, 15) is 14.7 Å². The average molecular weight is 363 g/mol. The van der Waals surface area contributed by atoms with Crippen molar-refractivity contribution in [1.29, 1.82) is 0 Å². The van der Waals surface area contributed by atoms with Gasteiger partial charge in [-0.15, -0.1) is 11.3 Å². The molecule has 1 aromatic carbocycles. The number of benzene rings is 1. The fourth-order valence-electron chi connectivity index (χ4n) is 2.01. The van der Waals surface area contributed by atoms with Crippen molar-refractivity contribution in [2.45, 2.75) is 20.8 Å². The maximum atomic E-state index is 12.1. The van der Waals surface area contributed by atoms with E-state index in [2.05, 4.69) is 4.98 Å². The quantitative estimate of drug-likeness (QED) is 0.857. The Hall–Kier alpha value is -2.54. The molecule has 0 radical (unpaired) electrons. The maximum Gasteiger partial charge on any atom is 0.266 e. The largest absolute Gasteiger partial charge is 0.502 e. The van der Waals surface area contributed by atoms with Gasteiger partial charge >= 0.3 is 0 Å². The molecule has 0 fully saturated rings. The minimum absolute atomic E-state index is 0.0653. The number of hydrogen-bond acceptors (Lipinski definition) is 6. The second-order valence-corrected chi connectivity index (χ2v) is 7.55. The number of thiazole rings is 1. The van der Waals surface area contributed by atoms with Gasteiger partial charge in [-0.25, -0.2) is 0 Å². The molecule has 0 saturated heterocycles. The number of phenolic OH excluding ortho intramolecular Hbond substituents is 1. The standard InChI is InChI=1S/C18H21NO5S/c1-18(2,3)14(20)9-15-19-17(22)13(25-15)8-10-6-11(23-4)16(21)12(7-10)24-5/h6-9,21H,1-5H3,(H,19,22)/b13-8-,15-9-. The molecule has 0 bridgehead atoms. The van der Waals surface area contributed by atoms with E-state index in [4.69, 9.17) is 9.47 Å². The molecular weight excluding hydrogens is 342 g/mol. The molecule has 0 aliphatic heterocycles. The van der Waals surface area contributed by atoms with Gasteiger partial charge in [0.15, 0.2) is 17.3 Å². The van der Waals surface area contributed by atoms with Crippen molar-refractivity contribution >= 4 is 29.3 Å². The number of Topliss-reactive ketones (excluding diaryl/α,β-unsaturated/α-hetero) is 1. The number of aromatic amines is 1. The van der Waals surface area contributed by atoms with Crippen LogP contribution in [0.25, 0.3) is 12.2 Å². The lowest BCUT2D eigenvalue weighted by molar-refractivity contribution is -0.119. The molecule has 6 nitrogen and oxygen atoms in total. The highest BCUT2D eigenvalue weighted by molar-refractivity contribution is 7.07. The first-order valence-corrected chi connectivity index (χ1v) is 8.39. The molecule has 2 rings (SSSR count). The van der Waals surface area contributed by atoms with Crippen LogP contribution in [0.15, 0.2) is 16.9 Å². The molecule has 25 heavy (non-hydrogen) atoms. The average Bonchev–Trinajstić information content (AvgIpc) is 2.87. The minimum Gasteiger partial charge on any atom is -0.502 e. The van der Waals surface area contributed by atoms with Gasteiger partial charge in [0.05, 0.1) is 23.4 Å². The third-order valence-corrected chi connectivity index (χ3v) is 4.44. The highest BCUT2D eigenvalue weighted by Crippen LogP contribution is 2.37. The van der Waals surface area contributed by atoms with E-state index in [0.717, 1.165) is 0 Å². The van der Waals surface area contributed by atoms with Crippen molar-refractivity contribution in [3.63, 3.8) is 0 Å². The summed E-state index contributed by atoms with van der Waals surface area (Å²) in [6, 6.07) is 3.20. The molecule has 1 aromatic heterocycles. The highest BCUT2D eigenvalue weighted by atomic mass is 32.1. The van der Waals surface area contributed by atoms with Crippen LogP contribution < -0.4 is 24.2 Å². The van der Waals surface area contributed by atoms with Gasteiger partial charge in [-0.05, 0) is 23.8 Å². The number of ketones is 1. The molecule has 2 aromatic rings. The van der Waals surface area contributed by atoms with Gasteiger partial charge in [0.2, 0.25) is 5.75 Å². The highest BCUT2D eigenvalue weighted by Gasteiger charge is 2.18. The van der Waals surface area contributed by atoms with E-state index in [-0.39, 0.29) is 28.6 Å². The van der Waals surface area contributed by atoms with Crippen LogP contribution >= 0.6 is 11.3 Å². The molecule has 0 saturated carbocycles. The summed E-state index contributed by atoms with van der Waals surface area (Å²) < 4.78 is 11.1. The third kappa shape index (κ3) is 4.30. The second kappa shape index (κ2) is 7.14. The first-order valence-electron chi connectivity index (χ1n) is 7.57. The molecule has 0 aliphatic rings. The van der Waals surface area contributed by atoms with Crippen LogP contribution in [-0.2, 0) is 4.79 Å². The normalized spacial score (nSPS) is 13.2. The summed E-state index contributed by atoms with van der Waals surface area (Å²) in [7, 11) is 2.86. The van der Waals surface area contributed by atoms with E-state index in [1.165, 1.54) is 31.6 Å². The van der Waals surface area contributed by atoms with Gasteiger partial charge in [-0.2, -0.15) is 0 Å². The van der Waals surface area contributed by atoms with Crippen LogP contribution in [0.1, 0.15) is 26.3 Å². The Balaban J connectivity index is 2.55. The van der Waals surface area contributed by atoms with E-state index < -0.39 is 5.41 Å². The van der Waals surface area contributed by atoms with Crippen molar-refractivity contribution in [1.82, 2.24) is 4.98 Å². The molecule has 0 aliphatic carbocycles. The van der Waals surface area contributed by atoms with Crippen LogP contribution in [0, 0.1) is 5.41 Å². The molecule has 7 heteroatoms. The SMILES string of the molecule is COc1cc(/C=c2\s/c(=C\C(=O)C(C)(C)C)[nH]c2=O)cc(OC)c1O. The van der Waals surface area contributed by atoms with Gasteiger partial charge in [-0.3, -0.25) is 9.59 Å². The van der Waals surface area contributed by atoms with Gasteiger partial charge < -0.3 is 19.6 Å². The van der Waals surface area contributed by atoms with Crippen LogP contribution in [0.2, 0.25) is 0 Å². The summed E-state index contributed by atoms with van der Waals surface area (Å²) in [5, 5.41) is 9.94. The molecule has 2 N–H and O–H groups in total. The smallest absolute Gasteiger partial charge is 0.266 e. The van der Waals surface area contributed by atoms with Crippen LogP contribution in [0.3, 0.4) is 0 Å². The van der Waals surface area contributed by atoms with Crippen molar-refractivity contribution in [2.24, 2.45) is 5.41 Å². The molecule has 134 valence electrons. The number of carbonyl (C=O) groups is 1. The Kier molecular flexibility index (Phi) is 5.37. The van der Waals surface area contributed by atoms with Crippen molar-refractivity contribution in [2.75, 3.05) is 14.2 Å². The van der Waals surface area contributed by atoms with E-state index in [0.29, 0.717) is 14.8 Å². The first kappa shape index (κ1) is 18.8. The number of aromatic hydroxyl groups is 1. The lowest BCUT2D eigenvalue weighted by Crippen LogP contribution is -2.22. The minimum atomic E-state index is -0.511. The van der Waals surface area contributed by atoms with Gasteiger partial charge in [0.1, 0.15) is 0 Å².